The lowest BCUT2D eigenvalue weighted by Gasteiger charge is -2.21. The van der Waals surface area contributed by atoms with Crippen molar-refractivity contribution in [2.45, 2.75) is 42.2 Å². The SMILES string of the molecule is Nc1ccc(F)cc1S(=O)C1CCCCC1. The van der Waals surface area contributed by atoms with E-state index in [1.807, 2.05) is 0 Å². The van der Waals surface area contributed by atoms with E-state index in [9.17, 15) is 8.60 Å². The highest BCUT2D eigenvalue weighted by molar-refractivity contribution is 7.85. The smallest absolute Gasteiger partial charge is 0.124 e. The second-order valence-corrected chi connectivity index (χ2v) is 5.94. The van der Waals surface area contributed by atoms with Crippen molar-refractivity contribution in [1.29, 1.82) is 0 Å². The first-order valence-corrected chi connectivity index (χ1v) is 6.85. The summed E-state index contributed by atoms with van der Waals surface area (Å²) >= 11 is 0. The number of halogens is 1. The summed E-state index contributed by atoms with van der Waals surface area (Å²) in [5.41, 5.74) is 6.17. The van der Waals surface area contributed by atoms with Crippen LogP contribution in [0.1, 0.15) is 32.1 Å². The highest BCUT2D eigenvalue weighted by Crippen LogP contribution is 2.28. The van der Waals surface area contributed by atoms with Gasteiger partial charge in [0.05, 0.1) is 15.7 Å². The van der Waals surface area contributed by atoms with Gasteiger partial charge < -0.3 is 5.73 Å². The van der Waals surface area contributed by atoms with Crippen LogP contribution in [0.2, 0.25) is 0 Å². The Morgan fingerprint density at radius 1 is 1.25 bits per heavy atom. The van der Waals surface area contributed by atoms with Crippen molar-refractivity contribution in [1.82, 2.24) is 0 Å². The fraction of sp³-hybridized carbons (Fsp3) is 0.500. The minimum Gasteiger partial charge on any atom is -0.398 e. The number of rotatable bonds is 2. The molecule has 1 aliphatic carbocycles. The first kappa shape index (κ1) is 11.6. The van der Waals surface area contributed by atoms with Crippen molar-refractivity contribution in [2.24, 2.45) is 0 Å². The van der Waals surface area contributed by atoms with Crippen molar-refractivity contribution in [2.75, 3.05) is 5.73 Å². The van der Waals surface area contributed by atoms with E-state index in [0.717, 1.165) is 25.7 Å². The topological polar surface area (TPSA) is 43.1 Å². The number of nitrogens with two attached hydrogens (primary N) is 1. The molecular weight excluding hydrogens is 225 g/mol. The predicted octanol–water partition coefficient (Wildman–Crippen LogP) is 2.85. The van der Waals surface area contributed by atoms with Gasteiger partial charge in [-0.1, -0.05) is 19.3 Å². The van der Waals surface area contributed by atoms with E-state index in [1.165, 1.54) is 24.6 Å². The third-order valence-corrected chi connectivity index (χ3v) is 4.91. The van der Waals surface area contributed by atoms with E-state index in [1.54, 1.807) is 0 Å². The van der Waals surface area contributed by atoms with Crippen molar-refractivity contribution in [3.8, 4) is 0 Å². The van der Waals surface area contributed by atoms with Gasteiger partial charge >= 0.3 is 0 Å². The molecule has 2 rings (SSSR count). The summed E-state index contributed by atoms with van der Waals surface area (Å²) in [5, 5.41) is 0.151. The van der Waals surface area contributed by atoms with Gasteiger partial charge in [-0.05, 0) is 31.0 Å². The quantitative estimate of drug-likeness (QED) is 0.809. The number of anilines is 1. The number of benzene rings is 1. The molecule has 0 bridgehead atoms. The Kier molecular flexibility index (Phi) is 3.59. The first-order chi connectivity index (χ1) is 7.68. The minimum absolute atomic E-state index is 0.151. The Morgan fingerprint density at radius 2 is 1.94 bits per heavy atom. The van der Waals surface area contributed by atoms with Crippen LogP contribution in [0.15, 0.2) is 23.1 Å². The Morgan fingerprint density at radius 3 is 2.62 bits per heavy atom. The molecule has 1 unspecified atom stereocenters. The lowest BCUT2D eigenvalue weighted by molar-refractivity contribution is 0.504. The lowest BCUT2D eigenvalue weighted by atomic mass is 10.0. The number of hydrogen-bond acceptors (Lipinski definition) is 2. The van der Waals surface area contributed by atoms with Crippen LogP contribution < -0.4 is 5.73 Å². The molecule has 88 valence electrons. The molecule has 1 atom stereocenters. The molecule has 2 N–H and O–H groups in total. The molecule has 0 radical (unpaired) electrons. The van der Waals surface area contributed by atoms with E-state index in [4.69, 9.17) is 5.73 Å². The molecule has 0 aliphatic heterocycles. The normalized spacial score (nSPS) is 19.6. The molecule has 0 heterocycles. The molecule has 1 aromatic rings. The molecule has 16 heavy (non-hydrogen) atoms. The molecule has 0 amide bonds. The number of hydrogen-bond donors (Lipinski definition) is 1. The Labute approximate surface area is 97.5 Å². The van der Waals surface area contributed by atoms with Gasteiger partial charge in [0.25, 0.3) is 0 Å². The highest BCUT2D eigenvalue weighted by atomic mass is 32.2. The Hall–Kier alpha value is -0.900. The maximum absolute atomic E-state index is 13.1. The maximum Gasteiger partial charge on any atom is 0.124 e. The van der Waals surface area contributed by atoms with E-state index in [0.29, 0.717) is 10.6 Å². The van der Waals surface area contributed by atoms with Gasteiger partial charge in [-0.2, -0.15) is 0 Å². The van der Waals surface area contributed by atoms with Gasteiger partial charge in [-0.3, -0.25) is 4.21 Å². The van der Waals surface area contributed by atoms with Crippen LogP contribution in [0.5, 0.6) is 0 Å². The lowest BCUT2D eigenvalue weighted by Crippen LogP contribution is -2.19. The Bertz CT molecular complexity index is 402. The molecule has 1 aromatic carbocycles. The zero-order valence-corrected chi connectivity index (χ0v) is 9.93. The molecule has 0 aromatic heterocycles. The minimum atomic E-state index is -1.16. The van der Waals surface area contributed by atoms with Crippen LogP contribution in [0.4, 0.5) is 10.1 Å². The van der Waals surface area contributed by atoms with Crippen LogP contribution in [-0.4, -0.2) is 9.46 Å². The van der Waals surface area contributed by atoms with Gasteiger partial charge in [0.15, 0.2) is 0 Å². The van der Waals surface area contributed by atoms with Crippen LogP contribution in [0.3, 0.4) is 0 Å². The molecule has 0 spiro atoms. The second kappa shape index (κ2) is 4.95. The maximum atomic E-state index is 13.1. The van der Waals surface area contributed by atoms with E-state index in [2.05, 4.69) is 0 Å². The van der Waals surface area contributed by atoms with Gasteiger partial charge in [0.1, 0.15) is 5.82 Å². The molecule has 1 fully saturated rings. The van der Waals surface area contributed by atoms with Crippen molar-refractivity contribution in [3.05, 3.63) is 24.0 Å². The van der Waals surface area contributed by atoms with Gasteiger partial charge in [-0.15, -0.1) is 0 Å². The van der Waals surface area contributed by atoms with Crippen molar-refractivity contribution in [3.63, 3.8) is 0 Å². The predicted molar refractivity (Wildman–Crippen MR) is 64.1 cm³/mol. The van der Waals surface area contributed by atoms with Crippen LogP contribution >= 0.6 is 0 Å². The van der Waals surface area contributed by atoms with E-state index >= 15 is 0 Å². The average molecular weight is 241 g/mol. The van der Waals surface area contributed by atoms with E-state index in [-0.39, 0.29) is 11.1 Å². The van der Waals surface area contributed by atoms with Crippen LogP contribution in [-0.2, 0) is 10.8 Å². The van der Waals surface area contributed by atoms with Crippen molar-refractivity contribution >= 4 is 16.5 Å². The summed E-state index contributed by atoms with van der Waals surface area (Å²) in [5.74, 6) is -0.367. The molecule has 4 heteroatoms. The molecule has 0 saturated heterocycles. The summed E-state index contributed by atoms with van der Waals surface area (Å²) in [7, 11) is -1.16. The summed E-state index contributed by atoms with van der Waals surface area (Å²) < 4.78 is 25.3. The first-order valence-electron chi connectivity index (χ1n) is 5.64. The molecular formula is C12H16FNOS. The monoisotopic (exact) mass is 241 g/mol. The van der Waals surface area contributed by atoms with Gasteiger partial charge in [0.2, 0.25) is 0 Å². The number of nitrogen functional groups attached to an aromatic ring is 1. The molecule has 1 aliphatic rings. The summed E-state index contributed by atoms with van der Waals surface area (Å²) in [6.45, 7) is 0. The standard InChI is InChI=1S/C12H16FNOS/c13-9-6-7-11(14)12(8-9)16(15)10-4-2-1-3-5-10/h6-8,10H,1-5,14H2. The molecule has 1 saturated carbocycles. The van der Waals surface area contributed by atoms with Crippen LogP contribution in [0, 0.1) is 5.82 Å². The van der Waals surface area contributed by atoms with Crippen molar-refractivity contribution < 1.29 is 8.60 Å². The van der Waals surface area contributed by atoms with Crippen LogP contribution in [0.25, 0.3) is 0 Å². The highest BCUT2D eigenvalue weighted by Gasteiger charge is 2.22. The fourth-order valence-corrected chi connectivity index (χ4v) is 3.79. The Balaban J connectivity index is 2.22. The summed E-state index contributed by atoms with van der Waals surface area (Å²) in [6.07, 6.45) is 5.37. The average Bonchev–Trinajstić information content (AvgIpc) is 2.32. The van der Waals surface area contributed by atoms with Gasteiger partial charge in [0, 0.05) is 10.9 Å². The third-order valence-electron chi connectivity index (χ3n) is 3.05. The third kappa shape index (κ3) is 2.43. The summed E-state index contributed by atoms with van der Waals surface area (Å²) in [4.78, 5) is 0.465. The fourth-order valence-electron chi connectivity index (χ4n) is 2.14. The summed E-state index contributed by atoms with van der Waals surface area (Å²) in [6, 6.07) is 4.10. The zero-order chi connectivity index (χ0) is 11.5. The zero-order valence-electron chi connectivity index (χ0n) is 9.12. The van der Waals surface area contributed by atoms with Gasteiger partial charge in [-0.25, -0.2) is 4.39 Å². The second-order valence-electron chi connectivity index (χ2n) is 4.24. The van der Waals surface area contributed by atoms with E-state index < -0.39 is 10.8 Å². The largest absolute Gasteiger partial charge is 0.398 e. The molecule has 2 nitrogen and oxygen atoms in total.